The molecule has 0 radical (unpaired) electrons. The molecule has 5 unspecified atom stereocenters. The molecule has 0 aliphatic heterocycles. The van der Waals surface area contributed by atoms with Gasteiger partial charge in [0.25, 0.3) is 0 Å². The highest BCUT2D eigenvalue weighted by Crippen LogP contribution is 2.63. The summed E-state index contributed by atoms with van der Waals surface area (Å²) >= 11 is 6.16. The number of hydrogen-bond acceptors (Lipinski definition) is 5. The van der Waals surface area contributed by atoms with Crippen molar-refractivity contribution in [2.45, 2.75) is 63.1 Å². The zero-order chi connectivity index (χ0) is 24.2. The fraction of sp³-hybridized carbons (Fsp3) is 0.571. The van der Waals surface area contributed by atoms with Crippen molar-refractivity contribution in [1.29, 1.82) is 0 Å². The molecule has 0 spiro atoms. The number of carbonyl (C=O) groups is 1. The van der Waals surface area contributed by atoms with Crippen LogP contribution in [0.25, 0.3) is 0 Å². The molecule has 1 aromatic carbocycles. The molecule has 0 saturated heterocycles. The lowest BCUT2D eigenvalue weighted by Gasteiger charge is -2.60. The number of halogens is 1. The Bertz CT molecular complexity index is 1080. The third-order valence-corrected chi connectivity index (χ3v) is 9.69. The minimum absolute atomic E-state index is 0.147. The lowest BCUT2D eigenvalue weighted by molar-refractivity contribution is -0.152. The first kappa shape index (κ1) is 23.4. The average molecular weight is 495 g/mol. The molecule has 4 bridgehead atoms. The van der Waals surface area contributed by atoms with Crippen molar-refractivity contribution in [1.82, 2.24) is 10.3 Å². The summed E-state index contributed by atoms with van der Waals surface area (Å²) in [4.78, 5) is 17.5. The molecular weight excluding hydrogens is 460 g/mol. The molecule has 7 heteroatoms. The van der Waals surface area contributed by atoms with Crippen molar-refractivity contribution in [2.75, 3.05) is 11.9 Å². The Morgan fingerprint density at radius 2 is 1.91 bits per heavy atom. The quantitative estimate of drug-likeness (QED) is 0.434. The van der Waals surface area contributed by atoms with Crippen molar-refractivity contribution in [3.8, 4) is 0 Å². The number of benzene rings is 1. The summed E-state index contributed by atoms with van der Waals surface area (Å²) in [5, 5.41) is 18.4. The Kier molecular flexibility index (Phi) is 6.12. The van der Waals surface area contributed by atoms with Crippen LogP contribution in [0.4, 0.5) is 5.69 Å². The summed E-state index contributed by atoms with van der Waals surface area (Å²) in [5.41, 5.74) is 9.91. The van der Waals surface area contributed by atoms with E-state index in [2.05, 4.69) is 27.8 Å². The number of aliphatic hydroxyl groups excluding tert-OH is 1. The third kappa shape index (κ3) is 4.29. The number of amides is 1. The molecule has 186 valence electrons. The Hall–Kier alpha value is -1.99. The van der Waals surface area contributed by atoms with Gasteiger partial charge in [0.05, 0.1) is 5.41 Å². The number of nitrogens with two attached hydrogens (primary N) is 1. The predicted octanol–water partition coefficient (Wildman–Crippen LogP) is 4.08. The molecule has 5 aliphatic rings. The zero-order valence-electron chi connectivity index (χ0n) is 20.0. The lowest BCUT2D eigenvalue weighted by atomic mass is 9.45. The number of hydrogen-bond donors (Lipinski definition) is 4. The smallest absolute Gasteiger partial charge is 0.230 e. The van der Waals surface area contributed by atoms with Crippen LogP contribution in [0.3, 0.4) is 0 Å². The summed E-state index contributed by atoms with van der Waals surface area (Å²) in [7, 11) is 0. The average Bonchev–Trinajstić information content (AvgIpc) is 3.24. The van der Waals surface area contributed by atoms with Gasteiger partial charge >= 0.3 is 0 Å². The van der Waals surface area contributed by atoms with Crippen molar-refractivity contribution in [3.05, 3.63) is 58.9 Å². The molecule has 4 fully saturated rings. The van der Waals surface area contributed by atoms with E-state index < -0.39 is 6.23 Å². The molecule has 35 heavy (non-hydrogen) atoms. The Morgan fingerprint density at radius 3 is 2.66 bits per heavy atom. The number of nitrogens with zero attached hydrogens (tertiary/aromatic N) is 1. The van der Waals surface area contributed by atoms with Gasteiger partial charge in [-0.05, 0) is 110 Å². The highest BCUT2D eigenvalue weighted by Gasteiger charge is 2.59. The topological polar surface area (TPSA) is 100 Å². The van der Waals surface area contributed by atoms with Crippen molar-refractivity contribution < 1.29 is 9.90 Å². The van der Waals surface area contributed by atoms with Crippen molar-refractivity contribution in [2.24, 2.45) is 34.8 Å². The molecule has 1 aromatic heterocycles. The highest BCUT2D eigenvalue weighted by molar-refractivity contribution is 6.30. The Balaban J connectivity index is 1.10. The van der Waals surface area contributed by atoms with Crippen LogP contribution in [0.1, 0.15) is 55.6 Å². The zero-order valence-corrected chi connectivity index (χ0v) is 20.8. The van der Waals surface area contributed by atoms with Crippen LogP contribution in [0, 0.1) is 29.1 Å². The monoisotopic (exact) mass is 494 g/mol. The van der Waals surface area contributed by atoms with Gasteiger partial charge in [-0.2, -0.15) is 0 Å². The molecule has 7 rings (SSSR count). The standard InChI is InChI=1S/C28H35ClN4O2/c29-21-3-4-23-17(11-21)1-2-18(23)15-32-26(34)25(30)24-19-9-16-10-20(24)14-28(12-16,13-19)27(35)33-22-5-7-31-8-6-22/h3-8,11,16,18-20,24-26,32,34H,1-2,9-10,12-15,30H2,(H,31,33,35). The molecular formula is C28H35ClN4O2. The van der Waals surface area contributed by atoms with E-state index in [1.165, 1.54) is 11.1 Å². The van der Waals surface area contributed by atoms with Crippen LogP contribution in [0.5, 0.6) is 0 Å². The van der Waals surface area contributed by atoms with E-state index in [9.17, 15) is 9.90 Å². The molecule has 2 aromatic rings. The molecule has 4 saturated carbocycles. The predicted molar refractivity (Wildman–Crippen MR) is 137 cm³/mol. The molecule has 1 amide bonds. The maximum atomic E-state index is 13.4. The number of fused-ring (bicyclic) bond motifs is 1. The van der Waals surface area contributed by atoms with Gasteiger partial charge in [0.1, 0.15) is 6.23 Å². The number of pyridine rings is 1. The Labute approximate surface area is 212 Å². The van der Waals surface area contributed by atoms with Crippen molar-refractivity contribution in [3.63, 3.8) is 0 Å². The second-order valence-electron chi connectivity index (χ2n) is 11.5. The van der Waals surface area contributed by atoms with E-state index in [-0.39, 0.29) is 23.3 Å². The van der Waals surface area contributed by atoms with E-state index in [0.29, 0.717) is 30.2 Å². The van der Waals surface area contributed by atoms with Gasteiger partial charge in [0.2, 0.25) is 5.91 Å². The second kappa shape index (κ2) is 9.15. The molecule has 6 nitrogen and oxygen atoms in total. The maximum Gasteiger partial charge on any atom is 0.230 e. The van der Waals surface area contributed by atoms with Crippen LogP contribution in [-0.2, 0) is 11.2 Å². The normalized spacial score (nSPS) is 34.4. The van der Waals surface area contributed by atoms with Crippen LogP contribution >= 0.6 is 11.6 Å². The highest BCUT2D eigenvalue weighted by atomic mass is 35.5. The lowest BCUT2D eigenvalue weighted by Crippen LogP contribution is -2.62. The van der Waals surface area contributed by atoms with E-state index in [0.717, 1.165) is 55.7 Å². The largest absolute Gasteiger partial charge is 0.377 e. The molecule has 5 N–H and O–H groups in total. The maximum absolute atomic E-state index is 13.4. The molecule has 5 atom stereocenters. The van der Waals surface area contributed by atoms with Gasteiger partial charge in [0.15, 0.2) is 0 Å². The van der Waals surface area contributed by atoms with E-state index in [4.69, 9.17) is 17.3 Å². The number of aromatic nitrogens is 1. The number of anilines is 1. The van der Waals surface area contributed by atoms with Crippen LogP contribution in [0.2, 0.25) is 5.02 Å². The minimum Gasteiger partial charge on any atom is -0.377 e. The summed E-state index contributed by atoms with van der Waals surface area (Å²) in [5.74, 6) is 2.16. The van der Waals surface area contributed by atoms with E-state index >= 15 is 0 Å². The Morgan fingerprint density at radius 1 is 1.17 bits per heavy atom. The number of rotatable bonds is 7. The third-order valence-electron chi connectivity index (χ3n) is 9.46. The molecule has 5 aliphatic carbocycles. The van der Waals surface area contributed by atoms with E-state index in [1.54, 1.807) is 12.4 Å². The molecule has 1 heterocycles. The van der Waals surface area contributed by atoms with Gasteiger partial charge in [0, 0.05) is 35.7 Å². The fourth-order valence-electron chi connectivity index (χ4n) is 8.17. The number of nitrogens with one attached hydrogen (secondary N) is 2. The van der Waals surface area contributed by atoms with Crippen LogP contribution < -0.4 is 16.4 Å². The van der Waals surface area contributed by atoms with Crippen LogP contribution in [0.15, 0.2) is 42.7 Å². The van der Waals surface area contributed by atoms with Crippen LogP contribution in [-0.4, -0.2) is 34.8 Å². The first-order chi connectivity index (χ1) is 16.9. The van der Waals surface area contributed by atoms with Gasteiger partial charge in [-0.1, -0.05) is 17.7 Å². The first-order valence-electron chi connectivity index (χ1n) is 13.1. The van der Waals surface area contributed by atoms with Gasteiger partial charge in [-0.15, -0.1) is 0 Å². The SMILES string of the molecule is NC(C(O)NCC1CCc2cc(Cl)ccc21)C1C2CC3CC1CC(C(=O)Nc1ccncc1)(C3)C2. The van der Waals surface area contributed by atoms with Crippen molar-refractivity contribution >= 4 is 23.2 Å². The first-order valence-corrected chi connectivity index (χ1v) is 13.5. The number of aliphatic hydroxyl groups is 1. The van der Waals surface area contributed by atoms with E-state index in [1.807, 2.05) is 18.2 Å². The summed E-state index contributed by atoms with van der Waals surface area (Å²) in [6, 6.07) is 9.51. The fourth-order valence-corrected chi connectivity index (χ4v) is 8.36. The van der Waals surface area contributed by atoms with Gasteiger partial charge in [-0.25, -0.2) is 0 Å². The number of aryl methyl sites for hydroxylation is 1. The summed E-state index contributed by atoms with van der Waals surface area (Å²) in [6.07, 6.45) is 9.75. The summed E-state index contributed by atoms with van der Waals surface area (Å²) in [6.45, 7) is 0.715. The number of carbonyl (C=O) groups excluding carboxylic acids is 1. The summed E-state index contributed by atoms with van der Waals surface area (Å²) < 4.78 is 0. The van der Waals surface area contributed by atoms with Gasteiger partial charge < -0.3 is 16.2 Å². The second-order valence-corrected chi connectivity index (χ2v) is 12.0. The minimum atomic E-state index is -0.740. The van der Waals surface area contributed by atoms with Gasteiger partial charge in [-0.3, -0.25) is 15.1 Å².